The summed E-state index contributed by atoms with van der Waals surface area (Å²) in [6.45, 7) is 3.04. The van der Waals surface area contributed by atoms with Crippen LogP contribution in [0, 0.1) is 6.92 Å². The van der Waals surface area contributed by atoms with Crippen molar-refractivity contribution in [2.45, 2.75) is 25.7 Å². The number of likely N-dealkylation sites (tertiary alicyclic amines) is 1. The Kier molecular flexibility index (Phi) is 6.18. The van der Waals surface area contributed by atoms with Crippen LogP contribution in [0.25, 0.3) is 11.1 Å². The van der Waals surface area contributed by atoms with E-state index in [4.69, 9.17) is 9.72 Å². The van der Waals surface area contributed by atoms with Crippen LogP contribution >= 0.6 is 0 Å². The van der Waals surface area contributed by atoms with Crippen molar-refractivity contribution in [1.29, 1.82) is 0 Å². The zero-order valence-electron chi connectivity index (χ0n) is 19.4. The van der Waals surface area contributed by atoms with E-state index < -0.39 is 11.2 Å². The Morgan fingerprint density at radius 1 is 1.03 bits per heavy atom. The number of carbonyl (C=O) groups is 1. The summed E-state index contributed by atoms with van der Waals surface area (Å²) < 4.78 is 7.49. The van der Waals surface area contributed by atoms with Crippen LogP contribution < -0.4 is 16.0 Å². The first-order valence-corrected chi connectivity index (χ1v) is 11.0. The van der Waals surface area contributed by atoms with Gasteiger partial charge in [-0.2, -0.15) is 0 Å². The molecule has 1 fully saturated rings. The molecule has 1 atom stereocenters. The van der Waals surface area contributed by atoms with Crippen LogP contribution in [0.2, 0.25) is 0 Å². The van der Waals surface area contributed by atoms with E-state index in [2.05, 4.69) is 6.07 Å². The van der Waals surface area contributed by atoms with Gasteiger partial charge in [0.25, 0.3) is 11.5 Å². The molecule has 0 spiro atoms. The fourth-order valence-electron chi connectivity index (χ4n) is 4.36. The highest BCUT2D eigenvalue weighted by Gasteiger charge is 2.28. The number of benzene rings is 1. The number of aryl methyl sites for hydroxylation is 1. The lowest BCUT2D eigenvalue weighted by Crippen LogP contribution is -2.44. The highest BCUT2D eigenvalue weighted by atomic mass is 16.5. The fraction of sp³-hybridized carbons (Fsp3) is 0.360. The number of methoxy groups -OCH3 is 1. The topological polar surface area (TPSA) is 86.4 Å². The van der Waals surface area contributed by atoms with Gasteiger partial charge in [-0.15, -0.1) is 0 Å². The van der Waals surface area contributed by atoms with Gasteiger partial charge in [-0.25, -0.2) is 4.79 Å². The van der Waals surface area contributed by atoms with Crippen molar-refractivity contribution < 1.29 is 9.53 Å². The second-order valence-electron chi connectivity index (χ2n) is 8.51. The van der Waals surface area contributed by atoms with E-state index in [1.807, 2.05) is 37.3 Å². The number of piperidine rings is 1. The highest BCUT2D eigenvalue weighted by Crippen LogP contribution is 2.30. The molecule has 0 aliphatic carbocycles. The van der Waals surface area contributed by atoms with E-state index in [0.29, 0.717) is 13.1 Å². The van der Waals surface area contributed by atoms with E-state index in [0.717, 1.165) is 45.7 Å². The summed E-state index contributed by atoms with van der Waals surface area (Å²) in [6, 6.07) is 13.3. The number of nitrogens with zero attached hydrogens (tertiary/aromatic N) is 4. The smallest absolute Gasteiger partial charge is 0.331 e. The van der Waals surface area contributed by atoms with Crippen molar-refractivity contribution in [3.05, 3.63) is 80.4 Å². The van der Waals surface area contributed by atoms with Crippen LogP contribution in [0.15, 0.2) is 52.1 Å². The third kappa shape index (κ3) is 4.46. The minimum Gasteiger partial charge on any atom is -0.497 e. The molecule has 8 nitrogen and oxygen atoms in total. The zero-order chi connectivity index (χ0) is 23.7. The van der Waals surface area contributed by atoms with Crippen molar-refractivity contribution in [3.63, 3.8) is 0 Å². The van der Waals surface area contributed by atoms with E-state index in [1.54, 1.807) is 12.0 Å². The number of aromatic nitrogens is 3. The molecule has 1 aliphatic rings. The van der Waals surface area contributed by atoms with Crippen molar-refractivity contribution >= 4 is 5.91 Å². The molecule has 1 saturated heterocycles. The maximum absolute atomic E-state index is 13.2. The molecular formula is C25H28N4O4. The Bertz CT molecular complexity index is 1310. The van der Waals surface area contributed by atoms with Crippen molar-refractivity contribution in [2.24, 2.45) is 14.1 Å². The number of pyridine rings is 1. The molecule has 2 aromatic heterocycles. The second kappa shape index (κ2) is 9.05. The maximum atomic E-state index is 13.2. The zero-order valence-corrected chi connectivity index (χ0v) is 19.4. The first-order valence-electron chi connectivity index (χ1n) is 11.0. The summed E-state index contributed by atoms with van der Waals surface area (Å²) in [5.41, 5.74) is 3.11. The summed E-state index contributed by atoms with van der Waals surface area (Å²) in [6.07, 6.45) is 1.74. The molecule has 4 rings (SSSR count). The molecule has 0 N–H and O–H groups in total. The monoisotopic (exact) mass is 448 g/mol. The van der Waals surface area contributed by atoms with Crippen LogP contribution in [-0.2, 0) is 14.1 Å². The van der Waals surface area contributed by atoms with Crippen molar-refractivity contribution in [3.8, 4) is 16.9 Å². The number of rotatable bonds is 4. The molecule has 8 heteroatoms. The van der Waals surface area contributed by atoms with Gasteiger partial charge in [0, 0.05) is 50.6 Å². The molecular weight excluding hydrogens is 420 g/mol. The molecule has 172 valence electrons. The predicted molar refractivity (Wildman–Crippen MR) is 126 cm³/mol. The summed E-state index contributed by atoms with van der Waals surface area (Å²) >= 11 is 0. The molecule has 0 bridgehead atoms. The third-order valence-corrected chi connectivity index (χ3v) is 6.27. The van der Waals surface area contributed by atoms with Gasteiger partial charge >= 0.3 is 5.69 Å². The Morgan fingerprint density at radius 2 is 1.76 bits per heavy atom. The predicted octanol–water partition coefficient (Wildman–Crippen LogP) is 2.48. The largest absolute Gasteiger partial charge is 0.497 e. The standard InChI is InChI=1S/C25H28N4O4/c1-16-12-19(17-7-9-20(33-4)10-8-17)13-21(26-16)18-6-5-11-29(15-18)24(31)22-14-23(30)28(3)25(32)27(22)2/h7-10,12-14,18H,5-6,11,15H2,1-4H3/t18-/m1/s1. The van der Waals surface area contributed by atoms with Gasteiger partial charge in [0.05, 0.1) is 7.11 Å². The molecule has 1 aliphatic heterocycles. The summed E-state index contributed by atoms with van der Waals surface area (Å²) in [7, 11) is 4.56. The summed E-state index contributed by atoms with van der Waals surface area (Å²) in [4.78, 5) is 44.1. The van der Waals surface area contributed by atoms with Gasteiger partial charge in [-0.3, -0.25) is 23.7 Å². The Labute approximate surface area is 192 Å². The van der Waals surface area contributed by atoms with Crippen molar-refractivity contribution in [2.75, 3.05) is 20.2 Å². The quantitative estimate of drug-likeness (QED) is 0.612. The van der Waals surface area contributed by atoms with Crippen LogP contribution in [0.5, 0.6) is 5.75 Å². The van der Waals surface area contributed by atoms with Crippen LogP contribution in [0.4, 0.5) is 0 Å². The van der Waals surface area contributed by atoms with Crippen LogP contribution in [0.3, 0.4) is 0 Å². The van der Waals surface area contributed by atoms with Gasteiger partial charge in [0.15, 0.2) is 0 Å². The van der Waals surface area contributed by atoms with E-state index in [1.165, 1.54) is 24.7 Å². The molecule has 1 amide bonds. The Morgan fingerprint density at radius 3 is 2.45 bits per heavy atom. The molecule has 3 heterocycles. The molecule has 0 saturated carbocycles. The van der Waals surface area contributed by atoms with Crippen LogP contribution in [0.1, 0.15) is 40.6 Å². The van der Waals surface area contributed by atoms with E-state index in [-0.39, 0.29) is 17.5 Å². The van der Waals surface area contributed by atoms with E-state index in [9.17, 15) is 14.4 Å². The lowest BCUT2D eigenvalue weighted by molar-refractivity contribution is 0.0693. The van der Waals surface area contributed by atoms with Crippen LogP contribution in [-0.4, -0.2) is 45.1 Å². The number of hydrogen-bond acceptors (Lipinski definition) is 5. The lowest BCUT2D eigenvalue weighted by atomic mass is 9.92. The number of amides is 1. The molecule has 0 unspecified atom stereocenters. The minimum atomic E-state index is -0.510. The average molecular weight is 449 g/mol. The highest BCUT2D eigenvalue weighted by molar-refractivity contribution is 5.92. The molecule has 3 aromatic rings. The maximum Gasteiger partial charge on any atom is 0.331 e. The lowest BCUT2D eigenvalue weighted by Gasteiger charge is -2.33. The SMILES string of the molecule is COc1ccc(-c2cc(C)nc([C@@H]3CCCN(C(=O)c4cc(=O)n(C)c(=O)n4C)C3)c2)cc1. The third-order valence-electron chi connectivity index (χ3n) is 6.27. The Hall–Kier alpha value is -3.68. The molecule has 1 aromatic carbocycles. The van der Waals surface area contributed by atoms with Gasteiger partial charge in [0.1, 0.15) is 11.4 Å². The molecule has 0 radical (unpaired) electrons. The van der Waals surface area contributed by atoms with Gasteiger partial charge in [-0.1, -0.05) is 12.1 Å². The number of ether oxygens (including phenoxy) is 1. The van der Waals surface area contributed by atoms with Gasteiger partial charge in [-0.05, 0) is 55.2 Å². The Balaban J connectivity index is 1.61. The van der Waals surface area contributed by atoms with Gasteiger partial charge in [0.2, 0.25) is 0 Å². The number of hydrogen-bond donors (Lipinski definition) is 0. The number of carbonyl (C=O) groups excluding carboxylic acids is 1. The van der Waals surface area contributed by atoms with Gasteiger partial charge < -0.3 is 9.64 Å². The second-order valence-corrected chi connectivity index (χ2v) is 8.51. The summed E-state index contributed by atoms with van der Waals surface area (Å²) in [5.74, 6) is 0.569. The molecule has 33 heavy (non-hydrogen) atoms. The average Bonchev–Trinajstić information content (AvgIpc) is 2.84. The normalized spacial score (nSPS) is 16.0. The summed E-state index contributed by atoms with van der Waals surface area (Å²) in [5, 5.41) is 0. The van der Waals surface area contributed by atoms with Crippen molar-refractivity contribution in [1.82, 2.24) is 19.0 Å². The first-order chi connectivity index (χ1) is 15.8. The van der Waals surface area contributed by atoms with E-state index >= 15 is 0 Å². The minimum absolute atomic E-state index is 0.0724. The first kappa shape index (κ1) is 22.5. The fourth-order valence-corrected chi connectivity index (χ4v) is 4.36.